The van der Waals surface area contributed by atoms with Crippen molar-refractivity contribution in [2.75, 3.05) is 31.0 Å². The third-order valence-corrected chi connectivity index (χ3v) is 4.91. The molecule has 9 heteroatoms. The van der Waals surface area contributed by atoms with Crippen LogP contribution in [0, 0.1) is 0 Å². The molecule has 0 aliphatic rings. The van der Waals surface area contributed by atoms with Gasteiger partial charge in [-0.2, -0.15) is 9.78 Å². The van der Waals surface area contributed by atoms with E-state index in [1.165, 1.54) is 11.8 Å². The Kier molecular flexibility index (Phi) is 6.95. The van der Waals surface area contributed by atoms with Crippen LogP contribution in [0.3, 0.4) is 0 Å². The lowest BCUT2D eigenvalue weighted by atomic mass is 10.1. The van der Waals surface area contributed by atoms with Gasteiger partial charge in [-0.15, -0.1) is 0 Å². The molecule has 0 fully saturated rings. The molecule has 1 aromatic heterocycles. The highest BCUT2D eigenvalue weighted by Crippen LogP contribution is 2.19. The van der Waals surface area contributed by atoms with E-state index in [4.69, 9.17) is 9.47 Å². The minimum Gasteiger partial charge on any atom is -0.447 e. The summed E-state index contributed by atoms with van der Waals surface area (Å²) in [7, 11) is 1.51. The zero-order chi connectivity index (χ0) is 23.9. The molecule has 34 heavy (non-hydrogen) atoms. The Bertz CT molecular complexity index is 1390. The lowest BCUT2D eigenvalue weighted by molar-refractivity contribution is 0.102. The number of nitrogens with one attached hydrogen (secondary N) is 2. The molecule has 0 bridgehead atoms. The molecule has 4 rings (SSSR count). The molecule has 0 aliphatic carbocycles. The molecule has 0 saturated carbocycles. The van der Waals surface area contributed by atoms with Crippen molar-refractivity contribution in [2.45, 2.75) is 0 Å². The summed E-state index contributed by atoms with van der Waals surface area (Å²) < 4.78 is 11.0. The van der Waals surface area contributed by atoms with Crippen LogP contribution in [0.4, 0.5) is 16.2 Å². The van der Waals surface area contributed by atoms with Crippen LogP contribution >= 0.6 is 0 Å². The summed E-state index contributed by atoms with van der Waals surface area (Å²) in [5.74, 6) is -0.499. The number of carbonyl (C=O) groups is 2. The van der Waals surface area contributed by atoms with E-state index in [1.807, 2.05) is 6.07 Å². The maximum atomic E-state index is 13.2. The number of hydrogen-bond acceptors (Lipinski definition) is 6. The molecule has 0 aliphatic heterocycles. The van der Waals surface area contributed by atoms with Crippen molar-refractivity contribution >= 4 is 34.1 Å². The fourth-order valence-corrected chi connectivity index (χ4v) is 3.34. The number of methoxy groups -OCH3 is 1. The van der Waals surface area contributed by atoms with Crippen LogP contribution < -0.4 is 16.2 Å². The lowest BCUT2D eigenvalue weighted by Gasteiger charge is -2.12. The minimum absolute atomic E-state index is 0.0939. The summed E-state index contributed by atoms with van der Waals surface area (Å²) in [6.07, 6.45) is -0.636. The fourth-order valence-electron chi connectivity index (χ4n) is 3.34. The number of carbonyl (C=O) groups excluding carboxylic acids is 2. The number of hydrogen-bond donors (Lipinski definition) is 2. The Morgan fingerprint density at radius 2 is 1.53 bits per heavy atom. The van der Waals surface area contributed by atoms with Gasteiger partial charge in [0.15, 0.2) is 5.69 Å². The number of para-hydroxylation sites is 1. The van der Waals surface area contributed by atoms with E-state index in [1.54, 1.807) is 72.8 Å². The maximum Gasteiger partial charge on any atom is 0.411 e. The molecule has 2 N–H and O–H groups in total. The zero-order valence-corrected chi connectivity index (χ0v) is 18.4. The zero-order valence-electron chi connectivity index (χ0n) is 18.4. The molecular formula is C25H22N4O5. The van der Waals surface area contributed by atoms with Crippen molar-refractivity contribution in [3.63, 3.8) is 0 Å². The highest BCUT2D eigenvalue weighted by molar-refractivity contribution is 6.11. The Hall–Kier alpha value is -4.50. The topological polar surface area (TPSA) is 112 Å². The van der Waals surface area contributed by atoms with Crippen LogP contribution in [-0.2, 0) is 9.47 Å². The first kappa shape index (κ1) is 22.7. The van der Waals surface area contributed by atoms with Crippen LogP contribution in [0.5, 0.6) is 0 Å². The average molecular weight is 458 g/mol. The molecule has 2 amide bonds. The Labute approximate surface area is 194 Å². The summed E-state index contributed by atoms with van der Waals surface area (Å²) in [4.78, 5) is 38.1. The number of ether oxygens (including phenoxy) is 2. The quantitative estimate of drug-likeness (QED) is 0.407. The molecule has 0 saturated heterocycles. The van der Waals surface area contributed by atoms with E-state index in [0.717, 1.165) is 0 Å². The largest absolute Gasteiger partial charge is 0.447 e. The van der Waals surface area contributed by atoms with E-state index in [0.29, 0.717) is 27.8 Å². The van der Waals surface area contributed by atoms with Gasteiger partial charge in [0.1, 0.15) is 6.61 Å². The first-order valence-electron chi connectivity index (χ1n) is 10.5. The van der Waals surface area contributed by atoms with Crippen LogP contribution in [0.1, 0.15) is 10.5 Å². The second kappa shape index (κ2) is 10.4. The normalized spacial score (nSPS) is 10.6. The van der Waals surface area contributed by atoms with Gasteiger partial charge in [-0.3, -0.25) is 14.9 Å². The lowest BCUT2D eigenvalue weighted by Crippen LogP contribution is -2.26. The fraction of sp³-hybridized carbons (Fsp3) is 0.120. The van der Waals surface area contributed by atoms with Crippen molar-refractivity contribution < 1.29 is 19.1 Å². The van der Waals surface area contributed by atoms with Crippen molar-refractivity contribution in [2.24, 2.45) is 0 Å². The molecule has 4 aromatic rings. The number of benzene rings is 3. The molecule has 1 heterocycles. The summed E-state index contributed by atoms with van der Waals surface area (Å²) in [5, 5.41) is 10.6. The number of nitrogens with zero attached hydrogens (tertiary/aromatic N) is 2. The summed E-state index contributed by atoms with van der Waals surface area (Å²) >= 11 is 0. The van der Waals surface area contributed by atoms with Crippen LogP contribution in [0.25, 0.3) is 16.5 Å². The van der Waals surface area contributed by atoms with E-state index in [9.17, 15) is 14.4 Å². The predicted octanol–water partition coefficient (Wildman–Crippen LogP) is 3.83. The van der Waals surface area contributed by atoms with Crippen molar-refractivity contribution in [1.29, 1.82) is 0 Å². The van der Waals surface area contributed by atoms with Gasteiger partial charge in [0.2, 0.25) is 0 Å². The summed E-state index contributed by atoms with van der Waals surface area (Å²) in [5.41, 5.74) is 1.19. The monoisotopic (exact) mass is 458 g/mol. The molecule has 9 nitrogen and oxygen atoms in total. The molecular weight excluding hydrogens is 436 g/mol. The Morgan fingerprint density at radius 3 is 2.26 bits per heavy atom. The molecule has 0 spiro atoms. The van der Waals surface area contributed by atoms with Crippen LogP contribution in [0.2, 0.25) is 0 Å². The van der Waals surface area contributed by atoms with E-state index in [2.05, 4.69) is 15.7 Å². The minimum atomic E-state index is -0.636. The number of fused-ring (bicyclic) bond motifs is 1. The Morgan fingerprint density at radius 1 is 0.853 bits per heavy atom. The van der Waals surface area contributed by atoms with Crippen molar-refractivity contribution in [3.8, 4) is 5.69 Å². The highest BCUT2D eigenvalue weighted by atomic mass is 16.6. The van der Waals surface area contributed by atoms with E-state index >= 15 is 0 Å². The van der Waals surface area contributed by atoms with Crippen molar-refractivity contribution in [3.05, 3.63) is 94.9 Å². The van der Waals surface area contributed by atoms with Gasteiger partial charge in [0.05, 0.1) is 17.7 Å². The van der Waals surface area contributed by atoms with Crippen molar-refractivity contribution in [1.82, 2.24) is 9.78 Å². The SMILES string of the molecule is COCCOC(=O)Nc1cccc(NC(=O)c2nn(-c3ccccc3)c(=O)c3ccccc23)c1. The number of amides is 2. The van der Waals surface area contributed by atoms with Gasteiger partial charge in [-0.05, 0) is 36.4 Å². The van der Waals surface area contributed by atoms with Gasteiger partial charge < -0.3 is 14.8 Å². The molecule has 3 aromatic carbocycles. The van der Waals surface area contributed by atoms with Gasteiger partial charge in [-0.25, -0.2) is 4.79 Å². The second-order valence-electron chi connectivity index (χ2n) is 7.24. The summed E-state index contributed by atoms with van der Waals surface area (Å²) in [6.45, 7) is 0.407. The predicted molar refractivity (Wildman–Crippen MR) is 129 cm³/mol. The summed E-state index contributed by atoms with van der Waals surface area (Å²) in [6, 6.07) is 22.3. The molecule has 172 valence electrons. The number of aromatic nitrogens is 2. The van der Waals surface area contributed by atoms with E-state index in [-0.39, 0.29) is 24.5 Å². The standard InChI is InChI=1S/C25H22N4O5/c1-33-14-15-34-25(32)27-18-9-7-8-17(16-18)26-23(30)22-20-12-5-6-13-21(20)24(31)29(28-22)19-10-3-2-4-11-19/h2-13,16H,14-15H2,1H3,(H,26,30)(H,27,32). The van der Waals surface area contributed by atoms with Gasteiger partial charge in [-0.1, -0.05) is 42.5 Å². The average Bonchev–Trinajstić information content (AvgIpc) is 2.85. The van der Waals surface area contributed by atoms with Gasteiger partial charge in [0, 0.05) is 23.9 Å². The van der Waals surface area contributed by atoms with Crippen LogP contribution in [-0.4, -0.2) is 42.1 Å². The van der Waals surface area contributed by atoms with Crippen LogP contribution in [0.15, 0.2) is 83.7 Å². The molecule has 0 atom stereocenters. The maximum absolute atomic E-state index is 13.2. The van der Waals surface area contributed by atoms with Gasteiger partial charge in [0.25, 0.3) is 11.5 Å². The number of anilines is 2. The molecule has 0 radical (unpaired) electrons. The Balaban J connectivity index is 1.62. The first-order valence-corrected chi connectivity index (χ1v) is 10.5. The third kappa shape index (κ3) is 5.11. The van der Waals surface area contributed by atoms with Gasteiger partial charge >= 0.3 is 6.09 Å². The highest BCUT2D eigenvalue weighted by Gasteiger charge is 2.18. The molecule has 0 unspecified atom stereocenters. The number of rotatable bonds is 7. The smallest absolute Gasteiger partial charge is 0.411 e. The van der Waals surface area contributed by atoms with E-state index < -0.39 is 12.0 Å². The first-order chi connectivity index (χ1) is 16.6. The third-order valence-electron chi connectivity index (χ3n) is 4.91. The second-order valence-corrected chi connectivity index (χ2v) is 7.24.